The second-order valence-electron chi connectivity index (χ2n) is 2.86. The third-order valence-corrected chi connectivity index (χ3v) is 2.37. The van der Waals surface area contributed by atoms with Crippen LogP contribution in [-0.4, -0.2) is 16.1 Å². The number of aliphatic carboxylic acids is 1. The first-order chi connectivity index (χ1) is 6.09. The molecule has 1 aromatic rings. The van der Waals surface area contributed by atoms with Gasteiger partial charge in [0.1, 0.15) is 4.60 Å². The van der Waals surface area contributed by atoms with Crippen LogP contribution in [0.1, 0.15) is 17.5 Å². The van der Waals surface area contributed by atoms with Crippen molar-refractivity contribution in [2.75, 3.05) is 0 Å². The molecule has 1 N–H and O–H groups in total. The number of aromatic nitrogens is 1. The van der Waals surface area contributed by atoms with Crippen LogP contribution in [0.15, 0.2) is 16.9 Å². The summed E-state index contributed by atoms with van der Waals surface area (Å²) in [6.07, 6.45) is 2.41. The summed E-state index contributed by atoms with van der Waals surface area (Å²) in [7, 11) is 0. The standard InChI is InChI=1S/C9H10BrNO2/c1-6-4-7(2-3-8(12)13)9(10)11-5-6/h4-5H,2-3H2,1H3,(H,12,13). The summed E-state index contributed by atoms with van der Waals surface area (Å²) in [4.78, 5) is 14.4. The van der Waals surface area contributed by atoms with E-state index < -0.39 is 5.97 Å². The van der Waals surface area contributed by atoms with E-state index in [0.29, 0.717) is 6.42 Å². The van der Waals surface area contributed by atoms with E-state index >= 15 is 0 Å². The van der Waals surface area contributed by atoms with Crippen molar-refractivity contribution in [1.29, 1.82) is 0 Å². The Morgan fingerprint density at radius 3 is 3.00 bits per heavy atom. The number of carboxylic acid groups (broad SMARTS) is 1. The summed E-state index contributed by atoms with van der Waals surface area (Å²) in [6.45, 7) is 1.93. The van der Waals surface area contributed by atoms with Crippen LogP contribution in [0.2, 0.25) is 0 Å². The second-order valence-corrected chi connectivity index (χ2v) is 3.61. The number of nitrogens with zero attached hydrogens (tertiary/aromatic N) is 1. The number of carbonyl (C=O) groups is 1. The van der Waals surface area contributed by atoms with E-state index in [0.717, 1.165) is 15.7 Å². The fourth-order valence-corrected chi connectivity index (χ4v) is 1.45. The number of hydrogen-bond donors (Lipinski definition) is 1. The van der Waals surface area contributed by atoms with Crippen LogP contribution in [0.5, 0.6) is 0 Å². The zero-order valence-electron chi connectivity index (χ0n) is 7.25. The average molecular weight is 244 g/mol. The molecule has 0 aromatic carbocycles. The van der Waals surface area contributed by atoms with Gasteiger partial charge in [0.2, 0.25) is 0 Å². The number of halogens is 1. The average Bonchev–Trinajstić information content (AvgIpc) is 2.06. The van der Waals surface area contributed by atoms with Gasteiger partial charge in [-0.25, -0.2) is 4.98 Å². The molecule has 0 fully saturated rings. The Labute approximate surface area is 84.9 Å². The molecular weight excluding hydrogens is 234 g/mol. The molecule has 0 saturated heterocycles. The smallest absolute Gasteiger partial charge is 0.303 e. The Hall–Kier alpha value is -0.900. The molecule has 0 aliphatic carbocycles. The Kier molecular flexibility index (Phi) is 3.42. The lowest BCUT2D eigenvalue weighted by Crippen LogP contribution is -1.99. The first-order valence-electron chi connectivity index (χ1n) is 3.92. The number of carboxylic acids is 1. The first-order valence-corrected chi connectivity index (χ1v) is 4.71. The predicted molar refractivity (Wildman–Crippen MR) is 52.6 cm³/mol. The van der Waals surface area contributed by atoms with Crippen LogP contribution in [0.4, 0.5) is 0 Å². The molecule has 1 aromatic heterocycles. The topological polar surface area (TPSA) is 50.2 Å². The highest BCUT2D eigenvalue weighted by Gasteiger charge is 2.04. The molecule has 0 aliphatic rings. The number of aryl methyl sites for hydroxylation is 2. The molecule has 0 bridgehead atoms. The van der Waals surface area contributed by atoms with Crippen LogP contribution >= 0.6 is 15.9 Å². The van der Waals surface area contributed by atoms with Crippen molar-refractivity contribution in [1.82, 2.24) is 4.98 Å². The minimum atomic E-state index is -0.784. The molecule has 13 heavy (non-hydrogen) atoms. The van der Waals surface area contributed by atoms with Gasteiger partial charge in [0.25, 0.3) is 0 Å². The van der Waals surface area contributed by atoms with E-state index in [-0.39, 0.29) is 6.42 Å². The van der Waals surface area contributed by atoms with Crippen LogP contribution in [0.25, 0.3) is 0 Å². The minimum absolute atomic E-state index is 0.143. The fraction of sp³-hybridized carbons (Fsp3) is 0.333. The maximum Gasteiger partial charge on any atom is 0.303 e. The van der Waals surface area contributed by atoms with Crippen LogP contribution in [0, 0.1) is 6.92 Å². The van der Waals surface area contributed by atoms with Crippen LogP contribution in [-0.2, 0) is 11.2 Å². The van der Waals surface area contributed by atoms with Crippen molar-refractivity contribution >= 4 is 21.9 Å². The van der Waals surface area contributed by atoms with E-state index in [9.17, 15) is 4.79 Å². The molecule has 1 rings (SSSR count). The molecule has 70 valence electrons. The second kappa shape index (κ2) is 4.37. The summed E-state index contributed by atoms with van der Waals surface area (Å²) < 4.78 is 0.736. The molecule has 0 aliphatic heterocycles. The van der Waals surface area contributed by atoms with Gasteiger partial charge in [-0.15, -0.1) is 0 Å². The molecule has 0 atom stereocenters. The van der Waals surface area contributed by atoms with Crippen molar-refractivity contribution in [2.24, 2.45) is 0 Å². The normalized spacial score (nSPS) is 10.0. The van der Waals surface area contributed by atoms with Crippen LogP contribution < -0.4 is 0 Å². The van der Waals surface area contributed by atoms with E-state index in [4.69, 9.17) is 5.11 Å². The van der Waals surface area contributed by atoms with Gasteiger partial charge < -0.3 is 5.11 Å². The third kappa shape index (κ3) is 3.14. The summed E-state index contributed by atoms with van der Waals surface area (Å²) in [5, 5.41) is 8.50. The van der Waals surface area contributed by atoms with Crippen molar-refractivity contribution in [3.63, 3.8) is 0 Å². The van der Waals surface area contributed by atoms with Gasteiger partial charge in [0, 0.05) is 12.6 Å². The number of pyridine rings is 1. The minimum Gasteiger partial charge on any atom is -0.481 e. The van der Waals surface area contributed by atoms with E-state index in [1.807, 2.05) is 13.0 Å². The molecule has 0 unspecified atom stereocenters. The van der Waals surface area contributed by atoms with Crippen molar-refractivity contribution in [3.05, 3.63) is 28.0 Å². The molecule has 0 amide bonds. The van der Waals surface area contributed by atoms with E-state index in [1.54, 1.807) is 6.20 Å². The summed E-state index contributed by atoms with van der Waals surface area (Å²) in [5.41, 5.74) is 1.99. The molecule has 3 nitrogen and oxygen atoms in total. The molecule has 1 heterocycles. The highest BCUT2D eigenvalue weighted by molar-refractivity contribution is 9.10. The number of rotatable bonds is 3. The van der Waals surface area contributed by atoms with Gasteiger partial charge >= 0.3 is 5.97 Å². The monoisotopic (exact) mass is 243 g/mol. The fourth-order valence-electron chi connectivity index (χ4n) is 1.03. The third-order valence-electron chi connectivity index (χ3n) is 1.66. The Bertz CT molecular complexity index is 325. The van der Waals surface area contributed by atoms with Gasteiger partial charge in [0.15, 0.2) is 0 Å². The Balaban J connectivity index is 2.75. The van der Waals surface area contributed by atoms with Crippen LogP contribution in [0.3, 0.4) is 0 Å². The lowest BCUT2D eigenvalue weighted by Gasteiger charge is -2.02. The SMILES string of the molecule is Cc1cnc(Br)c(CCC(=O)O)c1. The number of hydrogen-bond acceptors (Lipinski definition) is 2. The van der Waals surface area contributed by atoms with Gasteiger partial charge in [-0.1, -0.05) is 6.07 Å². The Morgan fingerprint density at radius 1 is 1.69 bits per heavy atom. The van der Waals surface area contributed by atoms with Gasteiger partial charge in [0.05, 0.1) is 0 Å². The quantitative estimate of drug-likeness (QED) is 0.829. The summed E-state index contributed by atoms with van der Waals surface area (Å²) in [6, 6.07) is 1.94. The first kappa shape index (κ1) is 10.2. The maximum absolute atomic E-state index is 10.3. The Morgan fingerprint density at radius 2 is 2.38 bits per heavy atom. The van der Waals surface area contributed by atoms with Gasteiger partial charge in [-0.2, -0.15) is 0 Å². The lowest BCUT2D eigenvalue weighted by atomic mass is 10.1. The summed E-state index contributed by atoms with van der Waals surface area (Å²) in [5.74, 6) is -0.784. The van der Waals surface area contributed by atoms with Gasteiger partial charge in [-0.05, 0) is 40.4 Å². The molecule has 4 heteroatoms. The van der Waals surface area contributed by atoms with Crippen molar-refractivity contribution in [3.8, 4) is 0 Å². The van der Waals surface area contributed by atoms with Crippen molar-refractivity contribution in [2.45, 2.75) is 19.8 Å². The molecule has 0 spiro atoms. The summed E-state index contributed by atoms with van der Waals surface area (Å²) >= 11 is 3.28. The van der Waals surface area contributed by atoms with E-state index in [2.05, 4.69) is 20.9 Å². The molecular formula is C9H10BrNO2. The highest BCUT2D eigenvalue weighted by atomic mass is 79.9. The van der Waals surface area contributed by atoms with Crippen molar-refractivity contribution < 1.29 is 9.90 Å². The van der Waals surface area contributed by atoms with Gasteiger partial charge in [-0.3, -0.25) is 4.79 Å². The highest BCUT2D eigenvalue weighted by Crippen LogP contribution is 2.16. The largest absolute Gasteiger partial charge is 0.481 e. The zero-order valence-corrected chi connectivity index (χ0v) is 8.84. The molecule has 0 saturated carbocycles. The maximum atomic E-state index is 10.3. The molecule has 0 radical (unpaired) electrons. The van der Waals surface area contributed by atoms with E-state index in [1.165, 1.54) is 0 Å². The predicted octanol–water partition coefficient (Wildman–Crippen LogP) is 2.17. The lowest BCUT2D eigenvalue weighted by molar-refractivity contribution is -0.136. The zero-order chi connectivity index (χ0) is 9.84.